The molecule has 0 radical (unpaired) electrons. The maximum Gasteiger partial charge on any atom is 0.223 e. The van der Waals surface area contributed by atoms with E-state index in [1.807, 2.05) is 11.0 Å². The zero-order chi connectivity index (χ0) is 19.2. The Bertz CT molecular complexity index is 815. The predicted octanol–water partition coefficient (Wildman–Crippen LogP) is 2.69. The van der Waals surface area contributed by atoms with E-state index < -0.39 is 0 Å². The number of rotatable bonds is 6. The molecule has 27 heavy (non-hydrogen) atoms. The maximum absolute atomic E-state index is 11.8. The van der Waals surface area contributed by atoms with Crippen molar-refractivity contribution in [2.75, 3.05) is 24.6 Å². The highest BCUT2D eigenvalue weighted by Gasteiger charge is 2.20. The molecule has 142 valence electrons. The average Bonchev–Trinajstić information content (AvgIpc) is 2.70. The van der Waals surface area contributed by atoms with Gasteiger partial charge in [0.15, 0.2) is 0 Å². The summed E-state index contributed by atoms with van der Waals surface area (Å²) >= 11 is 0. The first-order chi connectivity index (χ1) is 13.1. The molecule has 0 aromatic heterocycles. The smallest absolute Gasteiger partial charge is 0.223 e. The van der Waals surface area contributed by atoms with Crippen LogP contribution in [0.3, 0.4) is 0 Å². The van der Waals surface area contributed by atoms with E-state index in [0.29, 0.717) is 19.4 Å². The standard InChI is InChI=1S/C22H26N2O3/c1-16(26)24-13-2-3-20-15-19(9-10-21(20)24)18-7-4-17(5-8-18)6-11-22(27)23-12-14-25/h4-5,7-10,15,25H,2-3,6,11-14H2,1H3,(H,23,27). The summed E-state index contributed by atoms with van der Waals surface area (Å²) in [5.41, 5.74) is 5.64. The molecule has 0 aliphatic carbocycles. The Kier molecular flexibility index (Phi) is 6.24. The number of hydrogen-bond acceptors (Lipinski definition) is 3. The lowest BCUT2D eigenvalue weighted by Crippen LogP contribution is -2.33. The lowest BCUT2D eigenvalue weighted by atomic mass is 9.95. The molecule has 0 fully saturated rings. The molecule has 1 aliphatic heterocycles. The summed E-state index contributed by atoms with van der Waals surface area (Å²) in [6.07, 6.45) is 3.08. The summed E-state index contributed by atoms with van der Waals surface area (Å²) in [6.45, 7) is 2.68. The lowest BCUT2D eigenvalue weighted by Gasteiger charge is -2.29. The molecule has 2 aromatic rings. The van der Waals surface area contributed by atoms with E-state index in [-0.39, 0.29) is 18.4 Å². The second kappa shape index (κ2) is 8.82. The van der Waals surface area contributed by atoms with Gasteiger partial charge in [-0.05, 0) is 53.6 Å². The number of carbonyl (C=O) groups is 2. The van der Waals surface area contributed by atoms with Gasteiger partial charge in [-0.2, -0.15) is 0 Å². The fourth-order valence-corrected chi connectivity index (χ4v) is 3.51. The summed E-state index contributed by atoms with van der Waals surface area (Å²) in [6, 6.07) is 14.6. The van der Waals surface area contributed by atoms with Crippen LogP contribution in [0.2, 0.25) is 0 Å². The van der Waals surface area contributed by atoms with E-state index in [9.17, 15) is 9.59 Å². The summed E-state index contributed by atoms with van der Waals surface area (Å²) in [4.78, 5) is 25.3. The number of nitrogens with one attached hydrogen (secondary N) is 1. The number of nitrogens with zero attached hydrogens (tertiary/aromatic N) is 1. The SMILES string of the molecule is CC(=O)N1CCCc2cc(-c3ccc(CCC(=O)NCCO)cc3)ccc21. The zero-order valence-corrected chi connectivity index (χ0v) is 15.7. The van der Waals surface area contributed by atoms with E-state index in [1.54, 1.807) is 6.92 Å². The second-order valence-electron chi connectivity index (χ2n) is 6.89. The quantitative estimate of drug-likeness (QED) is 0.826. The first kappa shape index (κ1) is 19.1. The van der Waals surface area contributed by atoms with Crippen molar-refractivity contribution in [3.8, 4) is 11.1 Å². The van der Waals surface area contributed by atoms with E-state index in [0.717, 1.165) is 41.8 Å². The Hall–Kier alpha value is -2.66. The number of benzene rings is 2. The minimum Gasteiger partial charge on any atom is -0.395 e. The molecule has 5 heteroatoms. The van der Waals surface area contributed by atoms with Crippen LogP contribution in [-0.4, -0.2) is 36.6 Å². The largest absolute Gasteiger partial charge is 0.395 e. The Balaban J connectivity index is 1.69. The van der Waals surface area contributed by atoms with Crippen LogP contribution >= 0.6 is 0 Å². The molecular formula is C22H26N2O3. The van der Waals surface area contributed by atoms with Gasteiger partial charge in [-0.25, -0.2) is 0 Å². The minimum atomic E-state index is -0.0437. The van der Waals surface area contributed by atoms with Gasteiger partial charge in [0.2, 0.25) is 11.8 Å². The molecule has 0 spiro atoms. The molecule has 2 N–H and O–H groups in total. The molecule has 5 nitrogen and oxygen atoms in total. The van der Waals surface area contributed by atoms with Gasteiger partial charge in [0.1, 0.15) is 0 Å². The van der Waals surface area contributed by atoms with Crippen LogP contribution < -0.4 is 10.2 Å². The van der Waals surface area contributed by atoms with Crippen LogP contribution in [0.1, 0.15) is 30.9 Å². The number of carbonyl (C=O) groups excluding carboxylic acids is 2. The fourth-order valence-electron chi connectivity index (χ4n) is 3.51. The minimum absolute atomic E-state index is 0.0363. The van der Waals surface area contributed by atoms with Crippen LogP contribution in [-0.2, 0) is 22.4 Å². The Labute approximate surface area is 160 Å². The van der Waals surface area contributed by atoms with Gasteiger partial charge in [0.25, 0.3) is 0 Å². The molecule has 2 amide bonds. The molecule has 1 heterocycles. The summed E-state index contributed by atoms with van der Waals surface area (Å²) in [5.74, 6) is 0.0499. The van der Waals surface area contributed by atoms with E-state index in [2.05, 4.69) is 41.7 Å². The summed E-state index contributed by atoms with van der Waals surface area (Å²) in [7, 11) is 0. The van der Waals surface area contributed by atoms with Gasteiger partial charge in [0.05, 0.1) is 6.61 Å². The number of aryl methyl sites for hydroxylation is 2. The first-order valence-corrected chi connectivity index (χ1v) is 9.46. The first-order valence-electron chi connectivity index (χ1n) is 9.46. The van der Waals surface area contributed by atoms with Crippen molar-refractivity contribution in [3.63, 3.8) is 0 Å². The Morgan fingerprint density at radius 1 is 1.11 bits per heavy atom. The van der Waals surface area contributed by atoms with Crippen molar-refractivity contribution >= 4 is 17.5 Å². The van der Waals surface area contributed by atoms with E-state index >= 15 is 0 Å². The molecule has 0 saturated carbocycles. The van der Waals surface area contributed by atoms with Gasteiger partial charge in [-0.1, -0.05) is 30.3 Å². The highest BCUT2D eigenvalue weighted by atomic mass is 16.3. The monoisotopic (exact) mass is 366 g/mol. The number of amides is 2. The van der Waals surface area contributed by atoms with Crippen molar-refractivity contribution in [2.45, 2.75) is 32.6 Å². The highest BCUT2D eigenvalue weighted by Crippen LogP contribution is 2.31. The number of aliphatic hydroxyl groups is 1. The van der Waals surface area contributed by atoms with Crippen LogP contribution in [0, 0.1) is 0 Å². The molecular weight excluding hydrogens is 340 g/mol. The number of hydrogen-bond donors (Lipinski definition) is 2. The molecule has 0 unspecified atom stereocenters. The highest BCUT2D eigenvalue weighted by molar-refractivity contribution is 5.93. The Morgan fingerprint density at radius 3 is 2.56 bits per heavy atom. The van der Waals surface area contributed by atoms with Gasteiger partial charge in [-0.3, -0.25) is 9.59 Å². The topological polar surface area (TPSA) is 69.6 Å². The van der Waals surface area contributed by atoms with Crippen molar-refractivity contribution in [1.82, 2.24) is 5.32 Å². The van der Waals surface area contributed by atoms with Gasteiger partial charge in [-0.15, -0.1) is 0 Å². The van der Waals surface area contributed by atoms with E-state index in [4.69, 9.17) is 5.11 Å². The molecule has 0 atom stereocenters. The van der Waals surface area contributed by atoms with E-state index in [1.165, 1.54) is 5.56 Å². The normalized spacial score (nSPS) is 13.2. The number of fused-ring (bicyclic) bond motifs is 1. The lowest BCUT2D eigenvalue weighted by molar-refractivity contribution is -0.121. The van der Waals surface area contributed by atoms with Gasteiger partial charge < -0.3 is 15.3 Å². The van der Waals surface area contributed by atoms with Gasteiger partial charge in [0, 0.05) is 32.1 Å². The zero-order valence-electron chi connectivity index (χ0n) is 15.7. The third-order valence-corrected chi connectivity index (χ3v) is 4.94. The van der Waals surface area contributed by atoms with Crippen molar-refractivity contribution in [3.05, 3.63) is 53.6 Å². The summed E-state index contributed by atoms with van der Waals surface area (Å²) < 4.78 is 0. The van der Waals surface area contributed by atoms with Crippen LogP contribution in [0.4, 0.5) is 5.69 Å². The third-order valence-electron chi connectivity index (χ3n) is 4.94. The van der Waals surface area contributed by atoms with Crippen molar-refractivity contribution < 1.29 is 14.7 Å². The molecule has 2 aromatic carbocycles. The molecule has 3 rings (SSSR count). The molecule has 0 bridgehead atoms. The molecule has 1 aliphatic rings. The van der Waals surface area contributed by atoms with Crippen molar-refractivity contribution in [2.24, 2.45) is 0 Å². The molecule has 0 saturated heterocycles. The summed E-state index contributed by atoms with van der Waals surface area (Å²) in [5, 5.41) is 11.4. The van der Waals surface area contributed by atoms with Crippen LogP contribution in [0.15, 0.2) is 42.5 Å². The van der Waals surface area contributed by atoms with Gasteiger partial charge >= 0.3 is 0 Å². The number of aliphatic hydroxyl groups excluding tert-OH is 1. The van der Waals surface area contributed by atoms with Crippen LogP contribution in [0.25, 0.3) is 11.1 Å². The second-order valence-corrected chi connectivity index (χ2v) is 6.89. The predicted molar refractivity (Wildman–Crippen MR) is 107 cm³/mol. The van der Waals surface area contributed by atoms with Crippen molar-refractivity contribution in [1.29, 1.82) is 0 Å². The number of anilines is 1. The van der Waals surface area contributed by atoms with Crippen LogP contribution in [0.5, 0.6) is 0 Å². The Morgan fingerprint density at radius 2 is 1.85 bits per heavy atom. The maximum atomic E-state index is 11.8. The fraction of sp³-hybridized carbons (Fsp3) is 0.364. The average molecular weight is 366 g/mol. The third kappa shape index (κ3) is 4.74.